The molecule has 0 radical (unpaired) electrons. The summed E-state index contributed by atoms with van der Waals surface area (Å²) in [6, 6.07) is 0.546. The minimum absolute atomic E-state index is 0.0132. The summed E-state index contributed by atoms with van der Waals surface area (Å²) in [6.45, 7) is 6.28. The number of rotatable bonds is 5. The summed E-state index contributed by atoms with van der Waals surface area (Å²) in [4.78, 5) is 13.7. The van der Waals surface area contributed by atoms with Gasteiger partial charge in [0.05, 0.1) is 13.2 Å². The third-order valence-corrected chi connectivity index (χ3v) is 2.96. The average molecular weight is 214 g/mol. The Morgan fingerprint density at radius 1 is 1.60 bits per heavy atom. The van der Waals surface area contributed by atoms with Crippen LogP contribution in [0.15, 0.2) is 0 Å². The Bertz CT molecular complexity index is 207. The van der Waals surface area contributed by atoms with Crippen LogP contribution in [-0.2, 0) is 4.79 Å². The quantitative estimate of drug-likeness (QED) is 0.688. The highest BCUT2D eigenvalue weighted by Gasteiger charge is 2.27. The van der Waals surface area contributed by atoms with Crippen LogP contribution in [0.25, 0.3) is 0 Å². The van der Waals surface area contributed by atoms with Crippen molar-refractivity contribution in [3.63, 3.8) is 0 Å². The molecule has 1 heterocycles. The molecule has 1 fully saturated rings. The molecular weight excluding hydrogens is 192 g/mol. The van der Waals surface area contributed by atoms with Gasteiger partial charge in [-0.15, -0.1) is 0 Å². The summed E-state index contributed by atoms with van der Waals surface area (Å²) in [5.74, 6) is 0.634. The monoisotopic (exact) mass is 214 g/mol. The second-order valence-corrected chi connectivity index (χ2v) is 4.50. The lowest BCUT2D eigenvalue weighted by molar-refractivity contribution is -0.122. The summed E-state index contributed by atoms with van der Waals surface area (Å²) >= 11 is 0. The Morgan fingerprint density at radius 3 is 2.93 bits per heavy atom. The van der Waals surface area contributed by atoms with Gasteiger partial charge in [0.15, 0.2) is 0 Å². The van der Waals surface area contributed by atoms with Crippen molar-refractivity contribution in [2.75, 3.05) is 26.2 Å². The standard InChI is InChI=1S/C11H22N2O2/c1-9(2)10-4-3-6-13(10)8-11(15)12-5-7-14/h9-10,14H,3-8H2,1-2H3,(H,12,15). The van der Waals surface area contributed by atoms with Crippen LogP contribution in [0.5, 0.6) is 0 Å². The molecule has 0 aromatic rings. The number of carbonyl (C=O) groups excluding carboxylic acids is 1. The second-order valence-electron chi connectivity index (χ2n) is 4.50. The van der Waals surface area contributed by atoms with E-state index in [2.05, 4.69) is 24.1 Å². The number of nitrogens with zero attached hydrogens (tertiary/aromatic N) is 1. The van der Waals surface area contributed by atoms with E-state index in [9.17, 15) is 4.79 Å². The summed E-state index contributed by atoms with van der Waals surface area (Å²) in [5.41, 5.74) is 0. The Labute approximate surface area is 91.6 Å². The molecule has 88 valence electrons. The third-order valence-electron chi connectivity index (χ3n) is 2.96. The molecule has 4 heteroatoms. The van der Waals surface area contributed by atoms with Crippen LogP contribution in [0.3, 0.4) is 0 Å². The smallest absolute Gasteiger partial charge is 0.234 e. The van der Waals surface area contributed by atoms with Gasteiger partial charge in [-0.1, -0.05) is 13.8 Å². The molecule has 0 aromatic heterocycles. The fourth-order valence-corrected chi connectivity index (χ4v) is 2.24. The molecule has 1 aliphatic rings. The van der Waals surface area contributed by atoms with Gasteiger partial charge in [-0.05, 0) is 25.3 Å². The van der Waals surface area contributed by atoms with E-state index in [-0.39, 0.29) is 12.5 Å². The molecule has 0 saturated carbocycles. The molecule has 0 aliphatic carbocycles. The van der Waals surface area contributed by atoms with Crippen LogP contribution in [0.1, 0.15) is 26.7 Å². The first-order chi connectivity index (χ1) is 7.15. The maximum absolute atomic E-state index is 11.5. The summed E-state index contributed by atoms with van der Waals surface area (Å²) < 4.78 is 0. The number of aliphatic hydroxyl groups is 1. The van der Waals surface area contributed by atoms with E-state index >= 15 is 0 Å². The average Bonchev–Trinajstić information content (AvgIpc) is 2.62. The van der Waals surface area contributed by atoms with E-state index in [4.69, 9.17) is 5.11 Å². The van der Waals surface area contributed by atoms with Gasteiger partial charge in [-0.3, -0.25) is 9.69 Å². The van der Waals surface area contributed by atoms with Gasteiger partial charge in [-0.2, -0.15) is 0 Å². The maximum atomic E-state index is 11.5. The van der Waals surface area contributed by atoms with Crippen LogP contribution >= 0.6 is 0 Å². The predicted octanol–water partition coefficient (Wildman–Crippen LogP) is 0.215. The SMILES string of the molecule is CC(C)C1CCCN1CC(=O)NCCO. The normalized spacial score (nSPS) is 22.3. The zero-order valence-electron chi connectivity index (χ0n) is 9.70. The predicted molar refractivity (Wildman–Crippen MR) is 59.5 cm³/mol. The number of nitrogens with one attached hydrogen (secondary N) is 1. The van der Waals surface area contributed by atoms with Gasteiger partial charge in [-0.25, -0.2) is 0 Å². The molecule has 1 amide bonds. The molecule has 1 unspecified atom stereocenters. The molecule has 0 aromatic carbocycles. The third kappa shape index (κ3) is 3.80. The number of amides is 1. The summed E-state index contributed by atoms with van der Waals surface area (Å²) in [5, 5.41) is 11.3. The second kappa shape index (κ2) is 6.08. The molecule has 1 saturated heterocycles. The van der Waals surface area contributed by atoms with Crippen molar-refractivity contribution < 1.29 is 9.90 Å². The van der Waals surface area contributed by atoms with Crippen molar-refractivity contribution in [1.29, 1.82) is 0 Å². The molecular formula is C11H22N2O2. The van der Waals surface area contributed by atoms with Crippen molar-refractivity contribution in [3.8, 4) is 0 Å². The highest BCUT2D eigenvalue weighted by atomic mass is 16.3. The molecule has 1 atom stereocenters. The van der Waals surface area contributed by atoms with Gasteiger partial charge in [0.1, 0.15) is 0 Å². The fourth-order valence-electron chi connectivity index (χ4n) is 2.24. The number of hydrogen-bond acceptors (Lipinski definition) is 3. The molecule has 0 spiro atoms. The molecule has 4 nitrogen and oxygen atoms in total. The van der Waals surface area contributed by atoms with Crippen molar-refractivity contribution in [2.24, 2.45) is 5.92 Å². The van der Waals surface area contributed by atoms with Crippen LogP contribution in [-0.4, -0.2) is 48.2 Å². The van der Waals surface area contributed by atoms with E-state index in [0.717, 1.165) is 6.54 Å². The minimum Gasteiger partial charge on any atom is -0.395 e. The van der Waals surface area contributed by atoms with Gasteiger partial charge in [0, 0.05) is 12.6 Å². The topological polar surface area (TPSA) is 52.6 Å². The molecule has 2 N–H and O–H groups in total. The zero-order valence-corrected chi connectivity index (χ0v) is 9.70. The Balaban J connectivity index is 2.33. The molecule has 0 bridgehead atoms. The largest absolute Gasteiger partial charge is 0.395 e. The molecule has 15 heavy (non-hydrogen) atoms. The maximum Gasteiger partial charge on any atom is 0.234 e. The lowest BCUT2D eigenvalue weighted by Gasteiger charge is -2.26. The fraction of sp³-hybridized carbons (Fsp3) is 0.909. The number of aliphatic hydroxyl groups excluding tert-OH is 1. The van der Waals surface area contributed by atoms with Gasteiger partial charge >= 0.3 is 0 Å². The van der Waals surface area contributed by atoms with Crippen LogP contribution in [0, 0.1) is 5.92 Å². The summed E-state index contributed by atoms with van der Waals surface area (Å²) in [7, 11) is 0. The van der Waals surface area contributed by atoms with Crippen LogP contribution in [0.4, 0.5) is 0 Å². The van der Waals surface area contributed by atoms with Crippen molar-refractivity contribution in [3.05, 3.63) is 0 Å². The minimum atomic E-state index is 0.0132. The number of likely N-dealkylation sites (tertiary alicyclic amines) is 1. The lowest BCUT2D eigenvalue weighted by Crippen LogP contribution is -2.42. The lowest BCUT2D eigenvalue weighted by atomic mass is 10.0. The van der Waals surface area contributed by atoms with Gasteiger partial charge < -0.3 is 10.4 Å². The number of hydrogen-bond donors (Lipinski definition) is 2. The van der Waals surface area contributed by atoms with Crippen molar-refractivity contribution >= 4 is 5.91 Å². The first-order valence-electron chi connectivity index (χ1n) is 5.76. The highest BCUT2D eigenvalue weighted by Crippen LogP contribution is 2.22. The summed E-state index contributed by atoms with van der Waals surface area (Å²) in [6.07, 6.45) is 2.39. The van der Waals surface area contributed by atoms with E-state index < -0.39 is 0 Å². The van der Waals surface area contributed by atoms with Crippen molar-refractivity contribution in [1.82, 2.24) is 10.2 Å². The molecule has 1 aliphatic heterocycles. The highest BCUT2D eigenvalue weighted by molar-refractivity contribution is 5.78. The van der Waals surface area contributed by atoms with Gasteiger partial charge in [0.2, 0.25) is 5.91 Å². The Morgan fingerprint density at radius 2 is 2.33 bits per heavy atom. The van der Waals surface area contributed by atoms with E-state index in [1.165, 1.54) is 12.8 Å². The van der Waals surface area contributed by atoms with Crippen LogP contribution in [0.2, 0.25) is 0 Å². The van der Waals surface area contributed by atoms with E-state index in [1.807, 2.05) is 0 Å². The zero-order chi connectivity index (χ0) is 11.3. The van der Waals surface area contributed by atoms with Crippen LogP contribution < -0.4 is 5.32 Å². The Kier molecular flexibility index (Phi) is 5.05. The Hall–Kier alpha value is -0.610. The van der Waals surface area contributed by atoms with Gasteiger partial charge in [0.25, 0.3) is 0 Å². The van der Waals surface area contributed by atoms with Crippen molar-refractivity contribution in [2.45, 2.75) is 32.7 Å². The molecule has 1 rings (SSSR count). The van der Waals surface area contributed by atoms with E-state index in [1.54, 1.807) is 0 Å². The first-order valence-corrected chi connectivity index (χ1v) is 5.76. The van der Waals surface area contributed by atoms with E-state index in [0.29, 0.717) is 25.0 Å². The first kappa shape index (κ1) is 12.5. The number of carbonyl (C=O) groups is 1.